The Morgan fingerprint density at radius 3 is 2.06 bits per heavy atom. The molecule has 2 amide bonds. The molecule has 0 aromatic heterocycles. The first-order valence-electron chi connectivity index (χ1n) is 11.1. The first-order chi connectivity index (χ1) is 17.3. The van der Waals surface area contributed by atoms with Gasteiger partial charge in [-0.25, -0.2) is 4.90 Å². The van der Waals surface area contributed by atoms with Crippen LogP contribution >= 0.6 is 23.2 Å². The number of amides is 2. The number of Topliss-reactive ketones (excluding diaryl/α,β-unsaturated/α-hetero) is 2. The first-order valence-corrected chi connectivity index (χ1v) is 11.9. The topological polar surface area (TPSA) is 90.0 Å². The van der Waals surface area contributed by atoms with Gasteiger partial charge in [0.2, 0.25) is 29.0 Å². The quantitative estimate of drug-likeness (QED) is 0.366. The van der Waals surface area contributed by atoms with E-state index in [0.717, 1.165) is 4.90 Å². The van der Waals surface area contributed by atoms with Crippen LogP contribution in [0.15, 0.2) is 66.7 Å². The van der Waals surface area contributed by atoms with Crippen LogP contribution in [0, 0.1) is 11.8 Å². The van der Waals surface area contributed by atoms with Crippen molar-refractivity contribution in [1.82, 2.24) is 0 Å². The van der Waals surface area contributed by atoms with E-state index in [1.54, 1.807) is 42.5 Å². The Balaban J connectivity index is 1.56. The van der Waals surface area contributed by atoms with Crippen LogP contribution in [-0.2, 0) is 14.3 Å². The van der Waals surface area contributed by atoms with Gasteiger partial charge >= 0.3 is 0 Å². The van der Waals surface area contributed by atoms with Crippen molar-refractivity contribution in [2.45, 2.75) is 11.7 Å². The van der Waals surface area contributed by atoms with Crippen molar-refractivity contribution in [3.05, 3.63) is 93.5 Å². The summed E-state index contributed by atoms with van der Waals surface area (Å²) in [7, 11) is 1.40. The molecule has 3 aromatic rings. The average molecular weight is 522 g/mol. The number of imide groups is 1. The molecule has 9 heteroatoms. The predicted octanol–water partition coefficient (Wildman–Crippen LogP) is 4.70. The second-order valence-corrected chi connectivity index (χ2v) is 9.73. The number of ether oxygens (including phenoxy) is 2. The number of benzene rings is 3. The molecule has 2 heterocycles. The monoisotopic (exact) mass is 521 g/mol. The molecule has 180 valence electrons. The summed E-state index contributed by atoms with van der Waals surface area (Å²) in [4.78, 5) is 56.5. The van der Waals surface area contributed by atoms with Crippen LogP contribution in [0.2, 0.25) is 10.0 Å². The van der Waals surface area contributed by atoms with Crippen LogP contribution in [0.3, 0.4) is 0 Å². The Kier molecular flexibility index (Phi) is 5.09. The number of ketones is 2. The van der Waals surface area contributed by atoms with Gasteiger partial charge in [0.1, 0.15) is 5.75 Å². The molecule has 0 saturated carbocycles. The summed E-state index contributed by atoms with van der Waals surface area (Å²) in [6, 6.07) is 17.4. The Bertz CT molecular complexity index is 1450. The number of hydrogen-bond donors (Lipinski definition) is 0. The zero-order chi connectivity index (χ0) is 25.4. The molecule has 1 spiro atoms. The van der Waals surface area contributed by atoms with E-state index in [4.69, 9.17) is 32.7 Å². The van der Waals surface area contributed by atoms with Gasteiger partial charge in [-0.3, -0.25) is 19.2 Å². The lowest BCUT2D eigenvalue weighted by Crippen LogP contribution is -2.51. The number of carbonyl (C=O) groups excluding carboxylic acids is 4. The minimum absolute atomic E-state index is 0.134. The molecule has 3 atom stereocenters. The lowest BCUT2D eigenvalue weighted by atomic mass is 9.77. The predicted molar refractivity (Wildman–Crippen MR) is 131 cm³/mol. The lowest BCUT2D eigenvalue weighted by Gasteiger charge is -2.27. The number of fused-ring (bicyclic) bond motifs is 3. The van der Waals surface area contributed by atoms with Gasteiger partial charge in [-0.1, -0.05) is 59.6 Å². The van der Waals surface area contributed by atoms with Gasteiger partial charge in [-0.05, 0) is 35.9 Å². The number of methoxy groups -OCH3 is 1. The van der Waals surface area contributed by atoms with Crippen LogP contribution in [0.4, 0.5) is 5.69 Å². The molecule has 0 N–H and O–H groups in total. The molecule has 2 saturated heterocycles. The van der Waals surface area contributed by atoms with E-state index < -0.39 is 46.9 Å². The van der Waals surface area contributed by atoms with E-state index in [-0.39, 0.29) is 27.6 Å². The lowest BCUT2D eigenvalue weighted by molar-refractivity contribution is -0.127. The molecule has 1 aliphatic carbocycles. The van der Waals surface area contributed by atoms with Gasteiger partial charge < -0.3 is 9.47 Å². The third-order valence-corrected chi connectivity index (χ3v) is 7.59. The number of carbonyl (C=O) groups is 4. The number of hydrogen-bond acceptors (Lipinski definition) is 6. The highest BCUT2D eigenvalue weighted by Gasteiger charge is 2.74. The van der Waals surface area contributed by atoms with E-state index in [9.17, 15) is 19.2 Å². The molecule has 0 unspecified atom stereocenters. The van der Waals surface area contributed by atoms with Gasteiger partial charge in [-0.15, -0.1) is 0 Å². The fourth-order valence-electron chi connectivity index (χ4n) is 5.55. The molecule has 7 nitrogen and oxygen atoms in total. The average Bonchev–Trinajstić information content (AvgIpc) is 3.44. The Hall–Kier alpha value is -3.52. The maximum atomic E-state index is 14.0. The highest BCUT2D eigenvalue weighted by molar-refractivity contribution is 6.37. The molecule has 2 aliphatic heterocycles. The Morgan fingerprint density at radius 2 is 1.44 bits per heavy atom. The van der Waals surface area contributed by atoms with Gasteiger partial charge in [0, 0.05) is 21.2 Å². The highest BCUT2D eigenvalue weighted by atomic mass is 35.5. The third-order valence-electron chi connectivity index (χ3n) is 7.10. The van der Waals surface area contributed by atoms with Crippen LogP contribution in [0.1, 0.15) is 32.4 Å². The highest BCUT2D eigenvalue weighted by Crippen LogP contribution is 2.58. The molecule has 3 aliphatic rings. The minimum Gasteiger partial charge on any atom is -0.495 e. The van der Waals surface area contributed by atoms with Gasteiger partial charge in [0.15, 0.2) is 0 Å². The normalized spacial score (nSPS) is 24.0. The summed E-state index contributed by atoms with van der Waals surface area (Å²) in [5, 5.41) is 0.742. The fraction of sp³-hybridized carbons (Fsp3) is 0.185. The first kappa shape index (κ1) is 22.9. The van der Waals surface area contributed by atoms with E-state index >= 15 is 0 Å². The van der Waals surface area contributed by atoms with Crippen LogP contribution in [0.25, 0.3) is 0 Å². The summed E-state index contributed by atoms with van der Waals surface area (Å²) in [5.41, 5.74) is -1.18. The third kappa shape index (κ3) is 2.91. The van der Waals surface area contributed by atoms with Gasteiger partial charge in [0.25, 0.3) is 0 Å². The molecule has 36 heavy (non-hydrogen) atoms. The zero-order valence-electron chi connectivity index (χ0n) is 18.7. The van der Waals surface area contributed by atoms with Crippen LogP contribution in [0.5, 0.6) is 5.75 Å². The smallest absolute Gasteiger partial charge is 0.241 e. The second kappa shape index (κ2) is 8.00. The second-order valence-electron chi connectivity index (χ2n) is 8.86. The maximum Gasteiger partial charge on any atom is 0.241 e. The summed E-state index contributed by atoms with van der Waals surface area (Å²) < 4.78 is 11.6. The molecule has 2 fully saturated rings. The van der Waals surface area contributed by atoms with Gasteiger partial charge in [-0.2, -0.15) is 0 Å². The van der Waals surface area contributed by atoms with Crippen molar-refractivity contribution in [1.29, 1.82) is 0 Å². The minimum atomic E-state index is -2.16. The van der Waals surface area contributed by atoms with Crippen LogP contribution < -0.4 is 9.64 Å². The van der Waals surface area contributed by atoms with Crippen molar-refractivity contribution in [3.8, 4) is 5.75 Å². The molecule has 0 bridgehead atoms. The number of anilines is 1. The van der Waals surface area contributed by atoms with Crippen molar-refractivity contribution in [3.63, 3.8) is 0 Å². The number of nitrogens with zero attached hydrogens (tertiary/aromatic N) is 1. The Labute approximate surface area is 215 Å². The maximum absolute atomic E-state index is 14.0. The summed E-state index contributed by atoms with van der Waals surface area (Å²) in [6.07, 6.45) is -1.04. The number of halogens is 2. The van der Waals surface area contributed by atoms with Crippen molar-refractivity contribution in [2.75, 3.05) is 12.0 Å². The van der Waals surface area contributed by atoms with Crippen LogP contribution in [-0.4, -0.2) is 36.1 Å². The van der Waals surface area contributed by atoms with Crippen molar-refractivity contribution in [2.24, 2.45) is 11.8 Å². The van der Waals surface area contributed by atoms with Gasteiger partial charge in [0.05, 0.1) is 30.7 Å². The molecule has 3 aromatic carbocycles. The summed E-state index contributed by atoms with van der Waals surface area (Å²) in [6.45, 7) is 0. The number of rotatable bonds is 3. The fourth-order valence-corrected chi connectivity index (χ4v) is 5.84. The summed E-state index contributed by atoms with van der Waals surface area (Å²) >= 11 is 12.2. The molecular formula is C27H17Cl2NO6. The van der Waals surface area contributed by atoms with E-state index in [1.807, 2.05) is 0 Å². The summed E-state index contributed by atoms with van der Waals surface area (Å²) in [5.74, 6) is -4.86. The standard InChI is InChI=1S/C27H17Cl2NO6/c1-35-19-11-10-15(29)12-18(19)30-25(33)20-21(26(30)34)27(36-22(20)13-6-8-14(28)9-7-13)23(31)16-4-2-3-5-17(16)24(27)32/h2-12,20-22H,1H3/t20-,21+,22+/m0/s1. The molecular weight excluding hydrogens is 505 g/mol. The largest absolute Gasteiger partial charge is 0.495 e. The van der Waals surface area contributed by atoms with E-state index in [1.165, 1.54) is 31.4 Å². The van der Waals surface area contributed by atoms with Crippen molar-refractivity contribution >= 4 is 52.3 Å². The Morgan fingerprint density at radius 1 is 0.833 bits per heavy atom. The van der Waals surface area contributed by atoms with E-state index in [2.05, 4.69) is 0 Å². The molecule has 6 rings (SSSR count). The zero-order valence-corrected chi connectivity index (χ0v) is 20.2. The SMILES string of the molecule is COc1ccc(Cl)cc1N1C(=O)[C@@H]2[C@@H](c3ccc(Cl)cc3)OC3(C(=O)c4ccccc4C3=O)[C@H]2C1=O. The van der Waals surface area contributed by atoms with E-state index in [0.29, 0.717) is 10.6 Å². The van der Waals surface area contributed by atoms with Crippen molar-refractivity contribution < 1.29 is 28.7 Å². The molecule has 0 radical (unpaired) electrons.